The van der Waals surface area contributed by atoms with E-state index in [4.69, 9.17) is 0 Å². The van der Waals surface area contributed by atoms with E-state index in [-0.39, 0.29) is 28.7 Å². The molecule has 0 aromatic rings. The molecule has 2 heterocycles. The summed E-state index contributed by atoms with van der Waals surface area (Å²) >= 11 is 0. The summed E-state index contributed by atoms with van der Waals surface area (Å²) in [5.74, 6) is -0.255. The van der Waals surface area contributed by atoms with Crippen molar-refractivity contribution in [1.82, 2.24) is 10.6 Å². The third-order valence-electron chi connectivity index (χ3n) is 3.75. The van der Waals surface area contributed by atoms with E-state index < -0.39 is 9.84 Å². The Labute approximate surface area is 102 Å². The highest BCUT2D eigenvalue weighted by Gasteiger charge is 2.34. The first kappa shape index (κ1) is 12.8. The molecule has 2 aliphatic heterocycles. The summed E-state index contributed by atoms with van der Waals surface area (Å²) in [6.07, 6.45) is 1.53. The van der Waals surface area contributed by atoms with Crippen LogP contribution >= 0.6 is 0 Å². The maximum atomic E-state index is 11.8. The zero-order chi connectivity index (χ0) is 12.5. The Balaban J connectivity index is 1.82. The van der Waals surface area contributed by atoms with Crippen LogP contribution in [0.2, 0.25) is 0 Å². The fourth-order valence-corrected chi connectivity index (χ4v) is 4.21. The Morgan fingerprint density at radius 3 is 2.82 bits per heavy atom. The molecule has 98 valence electrons. The molecule has 5 nitrogen and oxygen atoms in total. The molecule has 2 saturated heterocycles. The number of hydrogen-bond acceptors (Lipinski definition) is 4. The van der Waals surface area contributed by atoms with Crippen LogP contribution in [0.5, 0.6) is 0 Å². The van der Waals surface area contributed by atoms with Gasteiger partial charge in [-0.3, -0.25) is 4.79 Å². The van der Waals surface area contributed by atoms with Crippen molar-refractivity contribution in [2.24, 2.45) is 11.3 Å². The van der Waals surface area contributed by atoms with Crippen LogP contribution in [0, 0.1) is 11.3 Å². The van der Waals surface area contributed by atoms with Gasteiger partial charge in [0.05, 0.1) is 17.4 Å². The lowest BCUT2D eigenvalue weighted by atomic mass is 9.89. The first-order chi connectivity index (χ1) is 7.90. The van der Waals surface area contributed by atoms with E-state index in [1.54, 1.807) is 0 Å². The van der Waals surface area contributed by atoms with Gasteiger partial charge >= 0.3 is 0 Å². The van der Waals surface area contributed by atoms with E-state index in [1.807, 2.05) is 0 Å². The third-order valence-corrected chi connectivity index (χ3v) is 5.52. The highest BCUT2D eigenvalue weighted by molar-refractivity contribution is 7.91. The molecular formula is C11H20N2O3S. The Morgan fingerprint density at radius 1 is 1.53 bits per heavy atom. The predicted molar refractivity (Wildman–Crippen MR) is 65.4 cm³/mol. The molecule has 0 bridgehead atoms. The van der Waals surface area contributed by atoms with E-state index in [2.05, 4.69) is 17.6 Å². The molecule has 2 fully saturated rings. The van der Waals surface area contributed by atoms with Crippen LogP contribution in [0.4, 0.5) is 0 Å². The van der Waals surface area contributed by atoms with Crippen molar-refractivity contribution in [3.8, 4) is 0 Å². The van der Waals surface area contributed by atoms with Crippen LogP contribution in [0.1, 0.15) is 19.8 Å². The van der Waals surface area contributed by atoms with Gasteiger partial charge in [0.15, 0.2) is 9.84 Å². The van der Waals surface area contributed by atoms with Crippen molar-refractivity contribution in [2.75, 3.05) is 31.1 Å². The van der Waals surface area contributed by atoms with E-state index in [9.17, 15) is 13.2 Å². The number of nitrogens with one attached hydrogen (secondary N) is 2. The molecule has 1 amide bonds. The quantitative estimate of drug-likeness (QED) is 0.720. The van der Waals surface area contributed by atoms with Gasteiger partial charge in [-0.05, 0) is 24.8 Å². The molecule has 2 rings (SSSR count). The van der Waals surface area contributed by atoms with Crippen molar-refractivity contribution < 1.29 is 13.2 Å². The minimum atomic E-state index is -2.97. The molecule has 0 aliphatic carbocycles. The smallest absolute Gasteiger partial charge is 0.224 e. The van der Waals surface area contributed by atoms with E-state index >= 15 is 0 Å². The topological polar surface area (TPSA) is 75.3 Å². The second-order valence-electron chi connectivity index (χ2n) is 5.56. The highest BCUT2D eigenvalue weighted by atomic mass is 32.2. The average molecular weight is 260 g/mol. The lowest BCUT2D eigenvalue weighted by molar-refractivity contribution is -0.124. The number of rotatable bonds is 3. The fourth-order valence-electron chi connectivity index (χ4n) is 2.47. The van der Waals surface area contributed by atoms with Gasteiger partial charge in [0, 0.05) is 13.1 Å². The summed E-state index contributed by atoms with van der Waals surface area (Å²) in [5.41, 5.74) is 0.118. The molecule has 0 radical (unpaired) electrons. The molecular weight excluding hydrogens is 240 g/mol. The van der Waals surface area contributed by atoms with E-state index in [0.717, 1.165) is 19.5 Å². The maximum absolute atomic E-state index is 11.8. The van der Waals surface area contributed by atoms with Gasteiger partial charge in [-0.1, -0.05) is 6.92 Å². The number of hydrogen-bond donors (Lipinski definition) is 2. The first-order valence-electron chi connectivity index (χ1n) is 6.09. The SMILES string of the molecule is CC1(CNC(=O)C2CCS(=O)(=O)C2)CCNC1. The largest absolute Gasteiger partial charge is 0.355 e. The summed E-state index contributed by atoms with van der Waals surface area (Å²) in [6.45, 7) is 4.68. The second-order valence-corrected chi connectivity index (χ2v) is 7.78. The van der Waals surface area contributed by atoms with Crippen LogP contribution in [0.25, 0.3) is 0 Å². The molecule has 2 unspecified atom stereocenters. The van der Waals surface area contributed by atoms with E-state index in [0.29, 0.717) is 13.0 Å². The van der Waals surface area contributed by atoms with Crippen LogP contribution in [-0.4, -0.2) is 45.5 Å². The van der Waals surface area contributed by atoms with Gasteiger partial charge in [0.2, 0.25) is 5.91 Å². The van der Waals surface area contributed by atoms with Gasteiger partial charge in [-0.2, -0.15) is 0 Å². The predicted octanol–water partition coefficient (Wildman–Crippen LogP) is -0.463. The number of carbonyl (C=O) groups is 1. The van der Waals surface area contributed by atoms with Crippen molar-refractivity contribution in [3.05, 3.63) is 0 Å². The Kier molecular flexibility index (Phi) is 3.45. The normalized spacial score (nSPS) is 35.9. The summed E-state index contributed by atoms with van der Waals surface area (Å²) in [5, 5.41) is 6.17. The summed E-state index contributed by atoms with van der Waals surface area (Å²) in [7, 11) is -2.97. The third kappa shape index (κ3) is 3.19. The molecule has 17 heavy (non-hydrogen) atoms. The molecule has 6 heteroatoms. The van der Waals surface area contributed by atoms with Gasteiger partial charge in [0.25, 0.3) is 0 Å². The number of carbonyl (C=O) groups excluding carboxylic acids is 1. The summed E-state index contributed by atoms with van der Waals surface area (Å²) < 4.78 is 22.6. The van der Waals surface area contributed by atoms with Crippen molar-refractivity contribution in [2.45, 2.75) is 19.8 Å². The van der Waals surface area contributed by atoms with E-state index in [1.165, 1.54) is 0 Å². The van der Waals surface area contributed by atoms with Gasteiger partial charge in [-0.25, -0.2) is 8.42 Å². The molecule has 0 saturated carbocycles. The maximum Gasteiger partial charge on any atom is 0.224 e. The minimum absolute atomic E-state index is 0.0216. The second kappa shape index (κ2) is 4.57. The van der Waals surface area contributed by atoms with Crippen LogP contribution < -0.4 is 10.6 Å². The van der Waals surface area contributed by atoms with Crippen LogP contribution in [-0.2, 0) is 14.6 Å². The van der Waals surface area contributed by atoms with Crippen molar-refractivity contribution >= 4 is 15.7 Å². The summed E-state index contributed by atoms with van der Waals surface area (Å²) in [4.78, 5) is 11.8. The Bertz CT molecular complexity index is 399. The molecule has 2 N–H and O–H groups in total. The lowest BCUT2D eigenvalue weighted by Gasteiger charge is -2.23. The molecule has 0 spiro atoms. The average Bonchev–Trinajstić information content (AvgIpc) is 2.82. The Hall–Kier alpha value is -0.620. The van der Waals surface area contributed by atoms with Gasteiger partial charge < -0.3 is 10.6 Å². The lowest BCUT2D eigenvalue weighted by Crippen LogP contribution is -2.40. The monoisotopic (exact) mass is 260 g/mol. The van der Waals surface area contributed by atoms with Crippen LogP contribution in [0.15, 0.2) is 0 Å². The van der Waals surface area contributed by atoms with Crippen molar-refractivity contribution in [1.29, 1.82) is 0 Å². The molecule has 2 atom stereocenters. The van der Waals surface area contributed by atoms with Crippen LogP contribution in [0.3, 0.4) is 0 Å². The van der Waals surface area contributed by atoms with Crippen molar-refractivity contribution in [3.63, 3.8) is 0 Å². The standard InChI is InChI=1S/C11H20N2O3S/c1-11(3-4-12-7-11)8-13-10(14)9-2-5-17(15,16)6-9/h9,12H,2-8H2,1H3,(H,13,14). The number of sulfone groups is 1. The highest BCUT2D eigenvalue weighted by Crippen LogP contribution is 2.24. The number of amides is 1. The zero-order valence-corrected chi connectivity index (χ0v) is 11.0. The molecule has 0 aromatic carbocycles. The minimum Gasteiger partial charge on any atom is -0.355 e. The molecule has 2 aliphatic rings. The van der Waals surface area contributed by atoms with Gasteiger partial charge in [-0.15, -0.1) is 0 Å². The summed E-state index contributed by atoms with van der Waals surface area (Å²) in [6, 6.07) is 0. The fraction of sp³-hybridized carbons (Fsp3) is 0.909. The zero-order valence-electron chi connectivity index (χ0n) is 10.2. The first-order valence-corrected chi connectivity index (χ1v) is 7.91. The van der Waals surface area contributed by atoms with Gasteiger partial charge in [0.1, 0.15) is 0 Å². The molecule has 0 aromatic heterocycles. The Morgan fingerprint density at radius 2 is 2.29 bits per heavy atom.